The molecule has 0 fully saturated rings. The van der Waals surface area contributed by atoms with E-state index in [0.29, 0.717) is 37.7 Å². The molecule has 5 aromatic rings. The number of fused-ring (bicyclic) bond motifs is 2. The first kappa shape index (κ1) is 19.3. The van der Waals surface area contributed by atoms with Crippen LogP contribution in [0.1, 0.15) is 41.4 Å². The van der Waals surface area contributed by atoms with Crippen LogP contribution in [0.5, 0.6) is 0 Å². The van der Waals surface area contributed by atoms with Crippen LogP contribution >= 0.6 is 0 Å². The Hall–Kier alpha value is -4.72. The average molecular weight is 426 g/mol. The molecule has 0 unspecified atom stereocenters. The van der Waals surface area contributed by atoms with Crippen LogP contribution in [0.4, 0.5) is 0 Å². The van der Waals surface area contributed by atoms with Crippen LogP contribution in [0.2, 0.25) is 0 Å². The molecular weight excluding hydrogens is 412 g/mol. The Morgan fingerprint density at radius 3 is 1.50 bits per heavy atom. The highest BCUT2D eigenvalue weighted by Gasteiger charge is 2.23. The highest BCUT2D eigenvalue weighted by Crippen LogP contribution is 2.43. The van der Waals surface area contributed by atoms with E-state index in [0.717, 1.165) is 0 Å². The highest BCUT2D eigenvalue weighted by molar-refractivity contribution is 6.37. The lowest BCUT2D eigenvalue weighted by atomic mass is 9.84. The molecule has 0 radical (unpaired) electrons. The minimum Gasteiger partial charge on any atom is -0.478 e. The molecule has 0 aliphatic heterocycles. The zero-order chi connectivity index (χ0) is 22.9. The zero-order valence-corrected chi connectivity index (χ0v) is 16.3. The smallest absolute Gasteiger partial charge is 0.336 e. The molecule has 0 spiro atoms. The van der Waals surface area contributed by atoms with Crippen molar-refractivity contribution < 1.29 is 29.4 Å². The van der Waals surface area contributed by atoms with E-state index in [1.165, 1.54) is 24.3 Å². The maximum absolute atomic E-state index is 12.1. The summed E-state index contributed by atoms with van der Waals surface area (Å²) in [5.41, 5.74) is 11.1. The SMILES string of the molecule is NC(=O)c1cc2c(C(N)=O)ccc3c4ccc(C(=O)O)c5c(C(=O)O)ccc(c(c1)c23)c54. The number of carboxylic acid groups (broad SMARTS) is 2. The number of hydrogen-bond acceptors (Lipinski definition) is 4. The normalized spacial score (nSPS) is 11.5. The Morgan fingerprint density at radius 2 is 1.00 bits per heavy atom. The van der Waals surface area contributed by atoms with Gasteiger partial charge in [-0.2, -0.15) is 0 Å². The molecule has 0 saturated heterocycles. The van der Waals surface area contributed by atoms with Gasteiger partial charge in [0.2, 0.25) is 11.8 Å². The number of rotatable bonds is 4. The molecule has 5 rings (SSSR count). The van der Waals surface area contributed by atoms with E-state index in [1.807, 2.05) is 0 Å². The van der Waals surface area contributed by atoms with Crippen LogP contribution in [0, 0.1) is 0 Å². The van der Waals surface area contributed by atoms with Gasteiger partial charge >= 0.3 is 11.9 Å². The van der Waals surface area contributed by atoms with Gasteiger partial charge < -0.3 is 21.7 Å². The van der Waals surface area contributed by atoms with Crippen molar-refractivity contribution in [2.24, 2.45) is 11.5 Å². The van der Waals surface area contributed by atoms with E-state index in [9.17, 15) is 29.4 Å². The van der Waals surface area contributed by atoms with Gasteiger partial charge in [0.15, 0.2) is 0 Å². The van der Waals surface area contributed by atoms with Crippen LogP contribution in [-0.4, -0.2) is 34.0 Å². The topological polar surface area (TPSA) is 161 Å². The predicted molar refractivity (Wildman–Crippen MR) is 119 cm³/mol. The van der Waals surface area contributed by atoms with Gasteiger partial charge in [-0.1, -0.05) is 18.2 Å². The maximum atomic E-state index is 12.1. The van der Waals surface area contributed by atoms with Gasteiger partial charge in [-0.15, -0.1) is 0 Å². The molecule has 5 aromatic carbocycles. The molecule has 0 heterocycles. The van der Waals surface area contributed by atoms with E-state index in [-0.39, 0.29) is 27.6 Å². The Balaban J connectivity index is 2.17. The summed E-state index contributed by atoms with van der Waals surface area (Å²) in [6.45, 7) is 0. The van der Waals surface area contributed by atoms with E-state index in [4.69, 9.17) is 11.5 Å². The molecule has 0 bridgehead atoms. The van der Waals surface area contributed by atoms with Gasteiger partial charge in [0.05, 0.1) is 11.1 Å². The summed E-state index contributed by atoms with van der Waals surface area (Å²) in [7, 11) is 0. The molecular formula is C24H14N2O6. The van der Waals surface area contributed by atoms with Crippen molar-refractivity contribution in [3.05, 3.63) is 70.8 Å². The summed E-state index contributed by atoms with van der Waals surface area (Å²) in [5.74, 6) is -3.92. The fourth-order valence-electron chi connectivity index (χ4n) is 4.58. The molecule has 8 nitrogen and oxygen atoms in total. The minimum atomic E-state index is -1.26. The van der Waals surface area contributed by atoms with Crippen LogP contribution in [0.3, 0.4) is 0 Å². The van der Waals surface area contributed by atoms with Crippen molar-refractivity contribution in [3.63, 3.8) is 0 Å². The highest BCUT2D eigenvalue weighted by atomic mass is 16.4. The van der Waals surface area contributed by atoms with Gasteiger partial charge in [0.1, 0.15) is 0 Å². The van der Waals surface area contributed by atoms with E-state index in [1.54, 1.807) is 24.3 Å². The summed E-state index contributed by atoms with van der Waals surface area (Å²) in [4.78, 5) is 47.9. The van der Waals surface area contributed by atoms with Crippen molar-refractivity contribution in [1.29, 1.82) is 0 Å². The summed E-state index contributed by atoms with van der Waals surface area (Å²) in [6, 6.07) is 12.2. The molecule has 0 aromatic heterocycles. The Kier molecular flexibility index (Phi) is 3.84. The first-order chi connectivity index (χ1) is 15.2. The quantitative estimate of drug-likeness (QED) is 0.255. The van der Waals surface area contributed by atoms with Crippen molar-refractivity contribution >= 4 is 66.8 Å². The number of carbonyl (C=O) groups is 4. The first-order valence-corrected chi connectivity index (χ1v) is 9.48. The van der Waals surface area contributed by atoms with Crippen molar-refractivity contribution in [2.45, 2.75) is 0 Å². The second kappa shape index (κ2) is 6.39. The number of hydrogen-bond donors (Lipinski definition) is 4. The van der Waals surface area contributed by atoms with E-state index >= 15 is 0 Å². The van der Waals surface area contributed by atoms with Gasteiger partial charge in [0.25, 0.3) is 0 Å². The molecule has 0 aliphatic rings. The molecule has 0 aliphatic carbocycles. The lowest BCUT2D eigenvalue weighted by molar-refractivity contribution is 0.0695. The zero-order valence-electron chi connectivity index (χ0n) is 16.3. The molecule has 6 N–H and O–H groups in total. The van der Waals surface area contributed by atoms with Gasteiger partial charge in [0, 0.05) is 16.5 Å². The van der Waals surface area contributed by atoms with Crippen molar-refractivity contribution in [2.75, 3.05) is 0 Å². The number of carbonyl (C=O) groups excluding carboxylic acids is 2. The van der Waals surface area contributed by atoms with E-state index in [2.05, 4.69) is 0 Å². The Labute approximate surface area is 179 Å². The van der Waals surface area contributed by atoms with Crippen LogP contribution < -0.4 is 11.5 Å². The number of aromatic carboxylic acids is 2. The number of carboxylic acids is 2. The Morgan fingerprint density at radius 1 is 0.531 bits per heavy atom. The number of amides is 2. The van der Waals surface area contributed by atoms with E-state index < -0.39 is 23.8 Å². The van der Waals surface area contributed by atoms with Gasteiger partial charge in [-0.25, -0.2) is 9.59 Å². The Bertz CT molecular complexity index is 1670. The predicted octanol–water partition coefficient (Wildman–Crippen LogP) is 3.33. The second-order valence-electron chi connectivity index (χ2n) is 7.52. The fourth-order valence-corrected chi connectivity index (χ4v) is 4.58. The lowest BCUT2D eigenvalue weighted by Crippen LogP contribution is -2.14. The van der Waals surface area contributed by atoms with Crippen LogP contribution in [0.25, 0.3) is 43.1 Å². The third-order valence-electron chi connectivity index (χ3n) is 5.87. The lowest BCUT2D eigenvalue weighted by Gasteiger charge is -2.18. The molecule has 8 heteroatoms. The van der Waals surface area contributed by atoms with Gasteiger partial charge in [-0.3, -0.25) is 9.59 Å². The summed E-state index contributed by atoms with van der Waals surface area (Å²) < 4.78 is 0. The number of nitrogens with two attached hydrogens (primary N) is 2. The molecule has 2 amide bonds. The second-order valence-corrected chi connectivity index (χ2v) is 7.52. The molecule has 0 atom stereocenters. The first-order valence-electron chi connectivity index (χ1n) is 9.48. The van der Waals surface area contributed by atoms with Crippen LogP contribution in [-0.2, 0) is 0 Å². The van der Waals surface area contributed by atoms with Crippen molar-refractivity contribution in [3.8, 4) is 0 Å². The number of benzene rings is 5. The molecule has 32 heavy (non-hydrogen) atoms. The largest absolute Gasteiger partial charge is 0.478 e. The minimum absolute atomic E-state index is 0.0854. The summed E-state index contributed by atoms with van der Waals surface area (Å²) >= 11 is 0. The monoisotopic (exact) mass is 426 g/mol. The summed E-state index contributed by atoms with van der Waals surface area (Å²) in [5, 5.41) is 23.4. The number of primary amides is 2. The van der Waals surface area contributed by atoms with Crippen LogP contribution in [0.15, 0.2) is 48.5 Å². The maximum Gasteiger partial charge on any atom is 0.336 e. The van der Waals surface area contributed by atoms with Gasteiger partial charge in [-0.05, 0) is 68.0 Å². The van der Waals surface area contributed by atoms with Crippen molar-refractivity contribution in [1.82, 2.24) is 0 Å². The molecule has 156 valence electrons. The third-order valence-corrected chi connectivity index (χ3v) is 5.87. The summed E-state index contributed by atoms with van der Waals surface area (Å²) in [6.07, 6.45) is 0. The fraction of sp³-hybridized carbons (Fsp3) is 0. The molecule has 0 saturated carbocycles. The third kappa shape index (κ3) is 2.43. The average Bonchev–Trinajstić information content (AvgIpc) is 2.75. The standard InChI is InChI=1S/C24H14N2O6/c25-21(27)9-7-16-12-3-6-15(24(31)32)20-14(23(29)30)5-2-11(19(12)20)10-1-4-13(22(26)28)17(8-9)18(10)16/h1-8H,(H2,25,27)(H2,26,28)(H,29,30)(H,31,32).